The van der Waals surface area contributed by atoms with Gasteiger partial charge in [-0.25, -0.2) is 0 Å². The molecule has 0 aliphatic heterocycles. The van der Waals surface area contributed by atoms with Gasteiger partial charge in [-0.1, -0.05) is 34.3 Å². The minimum atomic E-state index is 0.0166. The Morgan fingerprint density at radius 1 is 1.06 bits per heavy atom. The topological polar surface area (TPSA) is 53.2 Å². The third-order valence-electron chi connectivity index (χ3n) is 1.98. The second kappa shape index (κ2) is 15.0. The van der Waals surface area contributed by atoms with E-state index in [9.17, 15) is 4.79 Å². The van der Waals surface area contributed by atoms with Gasteiger partial charge in [-0.3, -0.25) is 4.79 Å². The third kappa shape index (κ3) is 15.0. The van der Waals surface area contributed by atoms with Crippen molar-refractivity contribution in [2.24, 2.45) is 0 Å². The van der Waals surface area contributed by atoms with Crippen LogP contribution in [0.25, 0.3) is 0 Å². The molecular formula is C13H29N3O. The first-order chi connectivity index (χ1) is 8.20. The molecule has 0 aromatic heterocycles. The summed E-state index contributed by atoms with van der Waals surface area (Å²) in [6, 6.07) is 0. The van der Waals surface area contributed by atoms with Crippen molar-refractivity contribution in [3.05, 3.63) is 12.3 Å². The largest absolute Gasteiger partial charge is 0.380 e. The minimum Gasteiger partial charge on any atom is -0.380 e. The fourth-order valence-electron chi connectivity index (χ4n) is 0.985. The lowest BCUT2D eigenvalue weighted by Gasteiger charge is -2.08. The minimum absolute atomic E-state index is 0.0166. The molecule has 0 aliphatic carbocycles. The van der Waals surface area contributed by atoms with Crippen LogP contribution in [0.5, 0.6) is 0 Å². The molecule has 0 radical (unpaired) electrons. The van der Waals surface area contributed by atoms with Crippen LogP contribution < -0.4 is 16.0 Å². The highest BCUT2D eigenvalue weighted by atomic mass is 16.1. The Labute approximate surface area is 106 Å². The van der Waals surface area contributed by atoms with Crippen LogP contribution in [0.2, 0.25) is 0 Å². The van der Waals surface area contributed by atoms with E-state index in [4.69, 9.17) is 0 Å². The van der Waals surface area contributed by atoms with E-state index in [0.29, 0.717) is 13.1 Å². The predicted octanol–water partition coefficient (Wildman–Crippen LogP) is 1.64. The molecule has 0 spiro atoms. The number of nitrogens with one attached hydrogen (secondary N) is 3. The van der Waals surface area contributed by atoms with Gasteiger partial charge in [-0.2, -0.15) is 0 Å². The molecule has 0 saturated heterocycles. The first kappa shape index (κ1) is 18.3. The van der Waals surface area contributed by atoms with Crippen molar-refractivity contribution in [1.29, 1.82) is 0 Å². The van der Waals surface area contributed by atoms with Crippen LogP contribution in [0.3, 0.4) is 0 Å². The lowest BCUT2D eigenvalue weighted by Crippen LogP contribution is -2.37. The van der Waals surface area contributed by atoms with Crippen molar-refractivity contribution in [2.75, 3.05) is 26.2 Å². The first-order valence-corrected chi connectivity index (χ1v) is 6.59. The van der Waals surface area contributed by atoms with Crippen molar-refractivity contribution in [3.63, 3.8) is 0 Å². The molecule has 0 aromatic carbocycles. The highest BCUT2D eigenvalue weighted by Crippen LogP contribution is 1.87. The van der Waals surface area contributed by atoms with Gasteiger partial charge < -0.3 is 16.0 Å². The molecule has 0 atom stereocenters. The van der Waals surface area contributed by atoms with Crippen molar-refractivity contribution in [1.82, 2.24) is 16.0 Å². The van der Waals surface area contributed by atoms with E-state index in [1.54, 1.807) is 0 Å². The van der Waals surface area contributed by atoms with Crippen LogP contribution in [-0.4, -0.2) is 32.1 Å². The fourth-order valence-corrected chi connectivity index (χ4v) is 0.985. The Morgan fingerprint density at radius 3 is 2.24 bits per heavy atom. The van der Waals surface area contributed by atoms with Crippen molar-refractivity contribution < 1.29 is 4.79 Å². The summed E-state index contributed by atoms with van der Waals surface area (Å²) in [6.45, 7) is 14.7. The van der Waals surface area contributed by atoms with Gasteiger partial charge in [0.05, 0.1) is 6.54 Å². The van der Waals surface area contributed by atoms with E-state index < -0.39 is 0 Å². The zero-order valence-electron chi connectivity index (χ0n) is 11.9. The van der Waals surface area contributed by atoms with Crippen molar-refractivity contribution in [3.8, 4) is 0 Å². The molecule has 0 unspecified atom stereocenters. The van der Waals surface area contributed by atoms with Crippen LogP contribution >= 0.6 is 0 Å². The van der Waals surface area contributed by atoms with Gasteiger partial charge in [-0.05, 0) is 19.4 Å². The normalized spacial score (nSPS) is 8.94. The summed E-state index contributed by atoms with van der Waals surface area (Å²) in [7, 11) is 0. The zero-order chi connectivity index (χ0) is 13.5. The molecule has 3 N–H and O–H groups in total. The molecule has 0 rings (SSSR count). The van der Waals surface area contributed by atoms with Gasteiger partial charge in [-0.15, -0.1) is 0 Å². The summed E-state index contributed by atoms with van der Waals surface area (Å²) in [5.74, 6) is 0.0166. The predicted molar refractivity (Wildman–Crippen MR) is 75.0 cm³/mol. The second-order valence-electron chi connectivity index (χ2n) is 3.41. The Bertz CT molecular complexity index is 193. The second-order valence-corrected chi connectivity index (χ2v) is 3.41. The first-order valence-electron chi connectivity index (χ1n) is 6.59. The molecule has 4 nitrogen and oxygen atoms in total. The molecule has 17 heavy (non-hydrogen) atoms. The molecule has 0 fully saturated rings. The maximum atomic E-state index is 11.3. The van der Waals surface area contributed by atoms with Crippen LogP contribution in [0.15, 0.2) is 12.3 Å². The molecule has 0 aromatic rings. The fraction of sp³-hybridized carbons (Fsp3) is 0.769. The van der Waals surface area contributed by atoms with E-state index in [2.05, 4.69) is 29.5 Å². The van der Waals surface area contributed by atoms with Crippen molar-refractivity contribution >= 4 is 5.91 Å². The standard InChI is InChI=1S/C11H23N3O.C2H6/c1-4-6-12-7-8-13-11(15)9-14-10(3)5-2;1-2/h12,14H,3-9H2,1-2H3,(H,13,15);1-2H3. The van der Waals surface area contributed by atoms with Crippen molar-refractivity contribution in [2.45, 2.75) is 40.5 Å². The number of hydrogen-bond donors (Lipinski definition) is 3. The van der Waals surface area contributed by atoms with Gasteiger partial charge in [0.15, 0.2) is 0 Å². The monoisotopic (exact) mass is 243 g/mol. The number of amides is 1. The van der Waals surface area contributed by atoms with E-state index in [1.165, 1.54) is 0 Å². The highest BCUT2D eigenvalue weighted by Gasteiger charge is 1.99. The Kier molecular flexibility index (Phi) is 16.1. The maximum absolute atomic E-state index is 11.3. The smallest absolute Gasteiger partial charge is 0.239 e. The summed E-state index contributed by atoms with van der Waals surface area (Å²) in [6.07, 6.45) is 1.97. The quantitative estimate of drug-likeness (QED) is 0.540. The van der Waals surface area contributed by atoms with E-state index in [0.717, 1.165) is 31.6 Å². The third-order valence-corrected chi connectivity index (χ3v) is 1.98. The number of hydrogen-bond acceptors (Lipinski definition) is 3. The molecule has 102 valence electrons. The van der Waals surface area contributed by atoms with Crippen LogP contribution in [-0.2, 0) is 4.79 Å². The average molecular weight is 243 g/mol. The number of carbonyl (C=O) groups is 1. The summed E-state index contributed by atoms with van der Waals surface area (Å²) >= 11 is 0. The van der Waals surface area contributed by atoms with Crippen LogP contribution in [0.4, 0.5) is 0 Å². The van der Waals surface area contributed by atoms with Gasteiger partial charge in [0.1, 0.15) is 0 Å². The highest BCUT2D eigenvalue weighted by molar-refractivity contribution is 5.78. The van der Waals surface area contributed by atoms with Gasteiger partial charge in [0.25, 0.3) is 0 Å². The maximum Gasteiger partial charge on any atom is 0.239 e. The number of rotatable bonds is 9. The SMILES string of the molecule is C=C(CC)NCC(=O)NCCNCCC.CC. The van der Waals surface area contributed by atoms with E-state index in [-0.39, 0.29) is 5.91 Å². The molecule has 4 heteroatoms. The summed E-state index contributed by atoms with van der Waals surface area (Å²) in [5, 5.41) is 8.99. The summed E-state index contributed by atoms with van der Waals surface area (Å²) < 4.78 is 0. The molecule has 0 saturated carbocycles. The molecule has 0 heterocycles. The molecule has 0 bridgehead atoms. The van der Waals surface area contributed by atoms with Gasteiger partial charge in [0.2, 0.25) is 5.91 Å². The Hall–Kier alpha value is -1.03. The Balaban J connectivity index is 0. The zero-order valence-corrected chi connectivity index (χ0v) is 11.9. The molecule has 0 aliphatic rings. The lowest BCUT2D eigenvalue weighted by molar-refractivity contribution is -0.120. The summed E-state index contributed by atoms with van der Waals surface area (Å²) in [4.78, 5) is 11.3. The number of allylic oxidation sites excluding steroid dienone is 1. The van der Waals surface area contributed by atoms with Crippen LogP contribution in [0.1, 0.15) is 40.5 Å². The lowest BCUT2D eigenvalue weighted by atomic mass is 10.4. The molecular weight excluding hydrogens is 214 g/mol. The van der Waals surface area contributed by atoms with Gasteiger partial charge in [0, 0.05) is 18.8 Å². The van der Waals surface area contributed by atoms with E-state index in [1.807, 2.05) is 20.8 Å². The van der Waals surface area contributed by atoms with Crippen LogP contribution in [0, 0.1) is 0 Å². The summed E-state index contributed by atoms with van der Waals surface area (Å²) in [5.41, 5.74) is 0.897. The average Bonchev–Trinajstić information content (AvgIpc) is 2.38. The Morgan fingerprint density at radius 2 is 1.71 bits per heavy atom. The van der Waals surface area contributed by atoms with E-state index >= 15 is 0 Å². The van der Waals surface area contributed by atoms with Gasteiger partial charge >= 0.3 is 0 Å². The number of carbonyl (C=O) groups excluding carboxylic acids is 1. The molecule has 1 amide bonds.